The van der Waals surface area contributed by atoms with Crippen LogP contribution in [0.25, 0.3) is 0 Å². The topological polar surface area (TPSA) is 85.2 Å². The molecule has 0 spiro atoms. The molecular formula is C10H16N4O2. The quantitative estimate of drug-likeness (QED) is 0.467. The number of carbonyl (C=O) groups excluding carboxylic acids is 2. The van der Waals surface area contributed by atoms with Crippen molar-refractivity contribution in [1.29, 1.82) is 5.26 Å². The molecular weight excluding hydrogens is 208 g/mol. The Hall–Kier alpha value is -1.61. The van der Waals surface area contributed by atoms with E-state index in [4.69, 9.17) is 5.26 Å². The Morgan fingerprint density at radius 3 is 2.69 bits per heavy atom. The Bertz CT molecular complexity index is 310. The van der Waals surface area contributed by atoms with Crippen molar-refractivity contribution in [3.63, 3.8) is 0 Å². The average molecular weight is 224 g/mol. The third kappa shape index (κ3) is 3.51. The van der Waals surface area contributed by atoms with Crippen LogP contribution in [0.3, 0.4) is 0 Å². The smallest absolute Gasteiger partial charge is 0.310 e. The maximum absolute atomic E-state index is 11.3. The maximum atomic E-state index is 11.3. The Labute approximate surface area is 94.6 Å². The first-order chi connectivity index (χ1) is 7.65. The van der Waals surface area contributed by atoms with E-state index in [1.807, 2.05) is 7.05 Å². The number of nitrogens with one attached hydrogen (secondary N) is 2. The molecule has 1 saturated heterocycles. The van der Waals surface area contributed by atoms with Crippen molar-refractivity contribution >= 4 is 11.8 Å². The molecule has 0 aliphatic carbocycles. The van der Waals surface area contributed by atoms with Gasteiger partial charge in [0.05, 0.1) is 6.07 Å². The highest BCUT2D eigenvalue weighted by Crippen LogP contribution is 2.13. The third-order valence-electron chi connectivity index (χ3n) is 2.70. The van der Waals surface area contributed by atoms with E-state index >= 15 is 0 Å². The first kappa shape index (κ1) is 12.5. The van der Waals surface area contributed by atoms with E-state index < -0.39 is 11.8 Å². The molecule has 1 aliphatic rings. The Morgan fingerprint density at radius 2 is 2.12 bits per heavy atom. The Balaban J connectivity index is 2.24. The van der Waals surface area contributed by atoms with E-state index in [0.717, 1.165) is 19.4 Å². The monoisotopic (exact) mass is 224 g/mol. The van der Waals surface area contributed by atoms with Crippen molar-refractivity contribution < 1.29 is 9.59 Å². The minimum Gasteiger partial charge on any atom is -0.346 e. The van der Waals surface area contributed by atoms with Gasteiger partial charge < -0.3 is 15.5 Å². The Kier molecular flexibility index (Phi) is 4.73. The molecule has 0 aromatic rings. The molecule has 0 saturated carbocycles. The number of carbonyl (C=O) groups is 2. The lowest BCUT2D eigenvalue weighted by Crippen LogP contribution is -2.44. The highest BCUT2D eigenvalue weighted by molar-refractivity contribution is 6.35. The van der Waals surface area contributed by atoms with Gasteiger partial charge in [0.1, 0.15) is 6.54 Å². The van der Waals surface area contributed by atoms with Crippen LogP contribution in [0.2, 0.25) is 0 Å². The summed E-state index contributed by atoms with van der Waals surface area (Å²) in [6.45, 7) is 1.37. The van der Waals surface area contributed by atoms with Crippen molar-refractivity contribution in [2.24, 2.45) is 0 Å². The van der Waals surface area contributed by atoms with Crippen molar-refractivity contribution in [3.8, 4) is 6.07 Å². The number of amides is 2. The van der Waals surface area contributed by atoms with Gasteiger partial charge in [-0.3, -0.25) is 9.59 Å². The van der Waals surface area contributed by atoms with Gasteiger partial charge >= 0.3 is 11.8 Å². The average Bonchev–Trinajstić information content (AvgIpc) is 2.68. The predicted octanol–water partition coefficient (Wildman–Crippen LogP) is -1.16. The van der Waals surface area contributed by atoms with Crippen molar-refractivity contribution in [2.75, 3.05) is 26.7 Å². The van der Waals surface area contributed by atoms with Crippen LogP contribution < -0.4 is 10.6 Å². The van der Waals surface area contributed by atoms with Gasteiger partial charge in [-0.25, -0.2) is 0 Å². The summed E-state index contributed by atoms with van der Waals surface area (Å²) in [6.07, 6.45) is 2.16. The van der Waals surface area contributed by atoms with Crippen LogP contribution in [0.1, 0.15) is 12.8 Å². The van der Waals surface area contributed by atoms with Gasteiger partial charge in [-0.1, -0.05) is 0 Å². The zero-order chi connectivity index (χ0) is 12.0. The number of nitrogens with zero attached hydrogens (tertiary/aromatic N) is 2. The fourth-order valence-corrected chi connectivity index (χ4v) is 1.73. The van der Waals surface area contributed by atoms with Gasteiger partial charge in [-0.05, 0) is 26.4 Å². The van der Waals surface area contributed by atoms with E-state index in [0.29, 0.717) is 12.6 Å². The number of nitriles is 1. The minimum absolute atomic E-state index is 0.143. The van der Waals surface area contributed by atoms with Crippen LogP contribution in [0.4, 0.5) is 0 Å². The second-order valence-corrected chi connectivity index (χ2v) is 3.83. The fraction of sp³-hybridized carbons (Fsp3) is 0.700. The molecule has 0 aromatic carbocycles. The number of hydrogen-bond acceptors (Lipinski definition) is 4. The third-order valence-corrected chi connectivity index (χ3v) is 2.70. The predicted molar refractivity (Wildman–Crippen MR) is 57.3 cm³/mol. The molecule has 6 nitrogen and oxygen atoms in total. The van der Waals surface area contributed by atoms with E-state index in [-0.39, 0.29) is 6.54 Å². The summed E-state index contributed by atoms with van der Waals surface area (Å²) in [7, 11) is 2.00. The largest absolute Gasteiger partial charge is 0.346 e. The van der Waals surface area contributed by atoms with Gasteiger partial charge in [0.2, 0.25) is 0 Å². The summed E-state index contributed by atoms with van der Waals surface area (Å²) < 4.78 is 0. The van der Waals surface area contributed by atoms with E-state index in [1.54, 1.807) is 6.07 Å². The molecule has 1 aliphatic heterocycles. The second kappa shape index (κ2) is 6.08. The minimum atomic E-state index is -0.748. The molecule has 0 radical (unpaired) electrons. The molecule has 1 atom stereocenters. The Morgan fingerprint density at radius 1 is 1.44 bits per heavy atom. The van der Waals surface area contributed by atoms with Crippen LogP contribution >= 0.6 is 0 Å². The number of likely N-dealkylation sites (tertiary alicyclic amines) is 1. The lowest BCUT2D eigenvalue weighted by atomic mass is 10.2. The summed E-state index contributed by atoms with van der Waals surface area (Å²) in [5, 5.41) is 13.0. The number of likely N-dealkylation sites (N-methyl/N-ethyl adjacent to an activating group) is 1. The summed E-state index contributed by atoms with van der Waals surface area (Å²) in [6, 6.07) is 2.05. The normalized spacial score (nSPS) is 20.1. The molecule has 88 valence electrons. The zero-order valence-corrected chi connectivity index (χ0v) is 9.32. The summed E-state index contributed by atoms with van der Waals surface area (Å²) in [4.78, 5) is 24.5. The molecule has 1 heterocycles. The van der Waals surface area contributed by atoms with Crippen LogP contribution in [-0.4, -0.2) is 49.4 Å². The SMILES string of the molecule is CN1CCCC1CNC(=O)C(=O)NCC#N. The molecule has 0 aromatic heterocycles. The van der Waals surface area contributed by atoms with Crippen molar-refractivity contribution in [3.05, 3.63) is 0 Å². The molecule has 16 heavy (non-hydrogen) atoms. The zero-order valence-electron chi connectivity index (χ0n) is 9.32. The van der Waals surface area contributed by atoms with Crippen LogP contribution in [0.5, 0.6) is 0 Å². The van der Waals surface area contributed by atoms with Crippen LogP contribution in [-0.2, 0) is 9.59 Å². The standard InChI is InChI=1S/C10H16N4O2/c1-14-6-2-3-8(14)7-13-10(16)9(15)12-5-4-11/h8H,2-3,5-7H2,1H3,(H,12,15)(H,13,16). The molecule has 1 rings (SSSR count). The van der Waals surface area contributed by atoms with Gasteiger partial charge in [-0.2, -0.15) is 5.26 Å². The summed E-state index contributed by atoms with van der Waals surface area (Å²) in [5.74, 6) is -1.42. The second-order valence-electron chi connectivity index (χ2n) is 3.83. The van der Waals surface area contributed by atoms with Gasteiger partial charge in [0, 0.05) is 12.6 Å². The highest BCUT2D eigenvalue weighted by Gasteiger charge is 2.22. The van der Waals surface area contributed by atoms with Crippen molar-refractivity contribution in [1.82, 2.24) is 15.5 Å². The summed E-state index contributed by atoms with van der Waals surface area (Å²) in [5.41, 5.74) is 0. The molecule has 1 unspecified atom stereocenters. The van der Waals surface area contributed by atoms with Gasteiger partial charge in [0.15, 0.2) is 0 Å². The first-order valence-corrected chi connectivity index (χ1v) is 5.28. The van der Waals surface area contributed by atoms with E-state index in [9.17, 15) is 9.59 Å². The van der Waals surface area contributed by atoms with Crippen molar-refractivity contribution in [2.45, 2.75) is 18.9 Å². The first-order valence-electron chi connectivity index (χ1n) is 5.28. The number of hydrogen-bond donors (Lipinski definition) is 2. The molecule has 2 amide bonds. The number of rotatable bonds is 3. The maximum Gasteiger partial charge on any atom is 0.310 e. The van der Waals surface area contributed by atoms with E-state index in [2.05, 4.69) is 15.5 Å². The van der Waals surface area contributed by atoms with Gasteiger partial charge in [0.25, 0.3) is 0 Å². The van der Waals surface area contributed by atoms with Gasteiger partial charge in [-0.15, -0.1) is 0 Å². The lowest BCUT2D eigenvalue weighted by Gasteiger charge is -2.19. The fourth-order valence-electron chi connectivity index (χ4n) is 1.73. The highest BCUT2D eigenvalue weighted by atomic mass is 16.2. The van der Waals surface area contributed by atoms with Crippen LogP contribution in [0.15, 0.2) is 0 Å². The van der Waals surface area contributed by atoms with E-state index in [1.165, 1.54) is 0 Å². The molecule has 2 N–H and O–H groups in total. The molecule has 0 bridgehead atoms. The summed E-state index contributed by atoms with van der Waals surface area (Å²) >= 11 is 0. The molecule has 1 fully saturated rings. The molecule has 6 heteroatoms. The lowest BCUT2D eigenvalue weighted by molar-refractivity contribution is -0.139. The van der Waals surface area contributed by atoms with Crippen LogP contribution in [0, 0.1) is 11.3 Å².